The van der Waals surface area contributed by atoms with E-state index in [-0.39, 0.29) is 24.7 Å². The van der Waals surface area contributed by atoms with Crippen molar-refractivity contribution < 1.29 is 13.6 Å². The number of benzene rings is 2. The van der Waals surface area contributed by atoms with E-state index in [2.05, 4.69) is 5.32 Å². The van der Waals surface area contributed by atoms with Crippen LogP contribution in [0.5, 0.6) is 0 Å². The van der Waals surface area contributed by atoms with Crippen LogP contribution in [0.3, 0.4) is 0 Å². The minimum absolute atomic E-state index is 0.153. The Morgan fingerprint density at radius 2 is 2.04 bits per heavy atom. The molecule has 0 fully saturated rings. The summed E-state index contributed by atoms with van der Waals surface area (Å²) in [5, 5.41) is 2.71. The zero-order valence-electron chi connectivity index (χ0n) is 13.2. The van der Waals surface area contributed by atoms with Crippen LogP contribution in [0.15, 0.2) is 51.7 Å². The maximum atomic E-state index is 13.5. The van der Waals surface area contributed by atoms with Gasteiger partial charge in [-0.3, -0.25) is 9.36 Å². The van der Waals surface area contributed by atoms with Crippen molar-refractivity contribution in [2.45, 2.75) is 19.4 Å². The lowest BCUT2D eigenvalue weighted by Crippen LogP contribution is -2.23. The van der Waals surface area contributed by atoms with Gasteiger partial charge >= 0.3 is 5.76 Å². The third kappa shape index (κ3) is 3.37. The first-order chi connectivity index (χ1) is 11.5. The van der Waals surface area contributed by atoms with Gasteiger partial charge in [0.2, 0.25) is 5.91 Å². The molecule has 0 bridgehead atoms. The smallest absolute Gasteiger partial charge is 0.408 e. The standard InChI is InChI=1S/C18H17FN2O3/c1-21-15-10-12(6-8-16(15)24-18(21)23)7-9-17(22)20-11-13-4-2-3-5-14(13)19/h2-6,8,10H,7,9,11H2,1H3,(H,20,22). The molecule has 0 aliphatic heterocycles. The minimum Gasteiger partial charge on any atom is -0.408 e. The number of carbonyl (C=O) groups excluding carboxylic acids is 1. The molecular weight excluding hydrogens is 311 g/mol. The third-order valence-corrected chi connectivity index (χ3v) is 3.93. The molecule has 0 aliphatic carbocycles. The molecule has 1 amide bonds. The lowest BCUT2D eigenvalue weighted by Gasteiger charge is -2.06. The molecule has 1 heterocycles. The molecule has 0 radical (unpaired) electrons. The number of hydrogen-bond donors (Lipinski definition) is 1. The van der Waals surface area contributed by atoms with Crippen LogP contribution in [0.1, 0.15) is 17.5 Å². The number of carbonyl (C=O) groups is 1. The summed E-state index contributed by atoms with van der Waals surface area (Å²) in [4.78, 5) is 23.4. The Kier molecular flexibility index (Phi) is 4.46. The Labute approximate surface area is 137 Å². The first kappa shape index (κ1) is 16.0. The molecule has 1 N–H and O–H groups in total. The molecule has 0 saturated heterocycles. The topological polar surface area (TPSA) is 64.2 Å². The highest BCUT2D eigenvalue weighted by molar-refractivity contribution is 5.77. The van der Waals surface area contributed by atoms with Gasteiger partial charge in [-0.15, -0.1) is 0 Å². The predicted octanol–water partition coefficient (Wildman–Crippen LogP) is 2.52. The van der Waals surface area contributed by atoms with E-state index >= 15 is 0 Å². The zero-order valence-corrected chi connectivity index (χ0v) is 13.2. The second-order valence-corrected chi connectivity index (χ2v) is 5.60. The summed E-state index contributed by atoms with van der Waals surface area (Å²) in [6.07, 6.45) is 0.810. The first-order valence-electron chi connectivity index (χ1n) is 7.63. The fourth-order valence-electron chi connectivity index (χ4n) is 2.51. The second kappa shape index (κ2) is 6.70. The molecule has 1 aromatic heterocycles. The van der Waals surface area contributed by atoms with E-state index in [1.807, 2.05) is 12.1 Å². The second-order valence-electron chi connectivity index (χ2n) is 5.60. The van der Waals surface area contributed by atoms with E-state index in [0.29, 0.717) is 23.1 Å². The number of oxazole rings is 1. The van der Waals surface area contributed by atoms with Gasteiger partial charge in [-0.25, -0.2) is 9.18 Å². The fourth-order valence-corrected chi connectivity index (χ4v) is 2.51. The minimum atomic E-state index is -0.412. The molecular formula is C18H17FN2O3. The summed E-state index contributed by atoms with van der Waals surface area (Å²) < 4.78 is 20.0. The van der Waals surface area contributed by atoms with E-state index in [1.54, 1.807) is 31.3 Å². The Hall–Kier alpha value is -2.89. The van der Waals surface area contributed by atoms with Crippen molar-refractivity contribution in [3.05, 3.63) is 70.0 Å². The van der Waals surface area contributed by atoms with Gasteiger partial charge < -0.3 is 9.73 Å². The molecule has 124 valence electrons. The van der Waals surface area contributed by atoms with Gasteiger partial charge in [0.15, 0.2) is 5.58 Å². The fraction of sp³-hybridized carbons (Fsp3) is 0.222. The van der Waals surface area contributed by atoms with Gasteiger partial charge in [0.25, 0.3) is 0 Å². The summed E-state index contributed by atoms with van der Waals surface area (Å²) in [6.45, 7) is 0.167. The lowest BCUT2D eigenvalue weighted by atomic mass is 10.1. The van der Waals surface area contributed by atoms with Crippen LogP contribution in [-0.2, 0) is 24.8 Å². The van der Waals surface area contributed by atoms with Gasteiger partial charge in [-0.2, -0.15) is 0 Å². The van der Waals surface area contributed by atoms with E-state index in [4.69, 9.17) is 4.42 Å². The van der Waals surface area contributed by atoms with Gasteiger partial charge in [0.1, 0.15) is 5.82 Å². The van der Waals surface area contributed by atoms with Crippen LogP contribution in [0.4, 0.5) is 4.39 Å². The van der Waals surface area contributed by atoms with Gasteiger partial charge in [-0.05, 0) is 30.2 Å². The summed E-state index contributed by atoms with van der Waals surface area (Å²) in [6, 6.07) is 11.7. The predicted molar refractivity (Wildman–Crippen MR) is 88.0 cm³/mol. The molecule has 3 aromatic rings. The molecule has 24 heavy (non-hydrogen) atoms. The SMILES string of the molecule is Cn1c(=O)oc2ccc(CCC(=O)NCc3ccccc3F)cc21. The molecule has 6 heteroatoms. The van der Waals surface area contributed by atoms with Crippen molar-refractivity contribution in [2.75, 3.05) is 0 Å². The first-order valence-corrected chi connectivity index (χ1v) is 7.63. The molecule has 3 rings (SSSR count). The normalized spacial score (nSPS) is 10.9. The van der Waals surface area contributed by atoms with Crippen molar-refractivity contribution in [2.24, 2.45) is 7.05 Å². The quantitative estimate of drug-likeness (QED) is 0.783. The van der Waals surface area contributed by atoms with Crippen molar-refractivity contribution in [3.63, 3.8) is 0 Å². The Morgan fingerprint density at radius 1 is 1.25 bits per heavy atom. The summed E-state index contributed by atoms with van der Waals surface area (Å²) >= 11 is 0. The number of nitrogens with zero attached hydrogens (tertiary/aromatic N) is 1. The number of amides is 1. The summed E-state index contributed by atoms with van der Waals surface area (Å²) in [7, 11) is 1.64. The average molecular weight is 328 g/mol. The van der Waals surface area contributed by atoms with Crippen LogP contribution < -0.4 is 11.1 Å². The molecule has 0 unspecified atom stereocenters. The van der Waals surface area contributed by atoms with Gasteiger partial charge in [0.05, 0.1) is 5.52 Å². The number of nitrogens with one attached hydrogen (secondary N) is 1. The van der Waals surface area contributed by atoms with Crippen LogP contribution in [-0.4, -0.2) is 10.5 Å². The maximum Gasteiger partial charge on any atom is 0.419 e. The molecule has 0 atom stereocenters. The number of hydrogen-bond acceptors (Lipinski definition) is 3. The van der Waals surface area contributed by atoms with E-state index < -0.39 is 5.76 Å². The molecule has 0 aliphatic rings. The zero-order chi connectivity index (χ0) is 17.1. The van der Waals surface area contributed by atoms with E-state index in [9.17, 15) is 14.0 Å². The van der Waals surface area contributed by atoms with Crippen molar-refractivity contribution >= 4 is 17.0 Å². The molecule has 5 nitrogen and oxygen atoms in total. The van der Waals surface area contributed by atoms with Gasteiger partial charge in [0, 0.05) is 25.6 Å². The van der Waals surface area contributed by atoms with Gasteiger partial charge in [-0.1, -0.05) is 24.3 Å². The Bertz CT molecular complexity index is 943. The summed E-state index contributed by atoms with van der Waals surface area (Å²) in [5.74, 6) is -0.895. The van der Waals surface area contributed by atoms with Crippen LogP contribution >= 0.6 is 0 Å². The summed E-state index contributed by atoms with van der Waals surface area (Å²) in [5.41, 5.74) is 2.61. The lowest BCUT2D eigenvalue weighted by molar-refractivity contribution is -0.121. The number of fused-ring (bicyclic) bond motifs is 1. The number of rotatable bonds is 5. The number of halogens is 1. The monoisotopic (exact) mass is 328 g/mol. The Balaban J connectivity index is 1.59. The van der Waals surface area contributed by atoms with Crippen molar-refractivity contribution in [1.82, 2.24) is 9.88 Å². The molecule has 0 spiro atoms. The molecule has 2 aromatic carbocycles. The van der Waals surface area contributed by atoms with E-state index in [1.165, 1.54) is 10.6 Å². The van der Waals surface area contributed by atoms with Crippen LogP contribution in [0, 0.1) is 5.82 Å². The van der Waals surface area contributed by atoms with Crippen LogP contribution in [0.2, 0.25) is 0 Å². The average Bonchev–Trinajstić information content (AvgIpc) is 2.86. The van der Waals surface area contributed by atoms with Crippen LogP contribution in [0.25, 0.3) is 11.1 Å². The number of aromatic nitrogens is 1. The highest BCUT2D eigenvalue weighted by Gasteiger charge is 2.08. The third-order valence-electron chi connectivity index (χ3n) is 3.93. The molecule has 0 saturated carbocycles. The largest absolute Gasteiger partial charge is 0.419 e. The number of aryl methyl sites for hydroxylation is 2. The van der Waals surface area contributed by atoms with Crippen molar-refractivity contribution in [3.8, 4) is 0 Å². The highest BCUT2D eigenvalue weighted by Crippen LogP contribution is 2.15. The maximum absolute atomic E-state index is 13.5. The van der Waals surface area contributed by atoms with E-state index in [0.717, 1.165) is 5.56 Å². The van der Waals surface area contributed by atoms with Crippen molar-refractivity contribution in [1.29, 1.82) is 0 Å². The Morgan fingerprint density at radius 3 is 2.83 bits per heavy atom. The highest BCUT2D eigenvalue weighted by atomic mass is 19.1.